The zero-order valence-corrected chi connectivity index (χ0v) is 16.5. The number of rotatable bonds is 5. The molecule has 2 N–H and O–H groups in total. The van der Waals surface area contributed by atoms with E-state index >= 15 is 0 Å². The van der Waals surface area contributed by atoms with Gasteiger partial charge in [0, 0.05) is 30.5 Å². The minimum atomic E-state index is 0. The molecule has 0 amide bonds. The molecular weight excluding hydrogens is 397 g/mol. The Morgan fingerprint density at radius 1 is 1.29 bits per heavy atom. The third-order valence-corrected chi connectivity index (χ3v) is 5.81. The van der Waals surface area contributed by atoms with Gasteiger partial charge in [0.1, 0.15) is 0 Å². The van der Waals surface area contributed by atoms with E-state index in [1.165, 1.54) is 25.7 Å². The maximum atomic E-state index is 5.50. The summed E-state index contributed by atoms with van der Waals surface area (Å²) in [6, 6.07) is 0.618. The van der Waals surface area contributed by atoms with Crippen molar-refractivity contribution in [2.75, 3.05) is 32.6 Å². The standard InChI is InChI=1S/C15H29N3OS.HI/c1-3-16-14(18-13-6-4-5-7-13)17-12-15(20-2)8-10-19-11-9-15;/h13H,3-12H2,1-2H3,(H2,16,17,18);1H. The number of aliphatic imine (C=N–C) groups is 1. The van der Waals surface area contributed by atoms with Crippen LogP contribution in [-0.4, -0.2) is 49.3 Å². The minimum Gasteiger partial charge on any atom is -0.381 e. The van der Waals surface area contributed by atoms with Gasteiger partial charge in [-0.2, -0.15) is 11.8 Å². The highest BCUT2D eigenvalue weighted by atomic mass is 127. The van der Waals surface area contributed by atoms with Crippen LogP contribution < -0.4 is 10.6 Å². The van der Waals surface area contributed by atoms with Crippen molar-refractivity contribution in [3.8, 4) is 0 Å². The van der Waals surface area contributed by atoms with E-state index < -0.39 is 0 Å². The summed E-state index contributed by atoms with van der Waals surface area (Å²) in [6.45, 7) is 5.70. The summed E-state index contributed by atoms with van der Waals surface area (Å²) in [5.41, 5.74) is 0. The highest BCUT2D eigenvalue weighted by Crippen LogP contribution is 2.34. The molecule has 21 heavy (non-hydrogen) atoms. The van der Waals surface area contributed by atoms with Crippen LogP contribution in [0.15, 0.2) is 4.99 Å². The van der Waals surface area contributed by atoms with Crippen molar-refractivity contribution in [3.05, 3.63) is 0 Å². The van der Waals surface area contributed by atoms with Crippen LogP contribution in [0.4, 0.5) is 0 Å². The molecule has 0 bridgehead atoms. The predicted octanol–water partition coefficient (Wildman–Crippen LogP) is 3.01. The van der Waals surface area contributed by atoms with Gasteiger partial charge in [-0.05, 0) is 38.9 Å². The van der Waals surface area contributed by atoms with Gasteiger partial charge in [0.25, 0.3) is 0 Å². The maximum absolute atomic E-state index is 5.50. The van der Waals surface area contributed by atoms with Crippen LogP contribution in [0.5, 0.6) is 0 Å². The normalized spacial score (nSPS) is 22.7. The van der Waals surface area contributed by atoms with E-state index in [1.54, 1.807) is 0 Å². The number of hydrogen-bond acceptors (Lipinski definition) is 3. The van der Waals surface area contributed by atoms with Crippen LogP contribution in [0.3, 0.4) is 0 Å². The fraction of sp³-hybridized carbons (Fsp3) is 0.933. The van der Waals surface area contributed by atoms with Crippen molar-refractivity contribution in [2.24, 2.45) is 4.99 Å². The molecule has 2 aliphatic rings. The molecule has 0 atom stereocenters. The molecular formula is C15H30IN3OS. The number of ether oxygens (including phenoxy) is 1. The van der Waals surface area contributed by atoms with E-state index in [0.29, 0.717) is 6.04 Å². The number of thioether (sulfide) groups is 1. The lowest BCUT2D eigenvalue weighted by Crippen LogP contribution is -2.44. The number of hydrogen-bond donors (Lipinski definition) is 2. The lowest BCUT2D eigenvalue weighted by molar-refractivity contribution is 0.0794. The van der Waals surface area contributed by atoms with Crippen LogP contribution in [-0.2, 0) is 4.74 Å². The summed E-state index contributed by atoms with van der Waals surface area (Å²) >= 11 is 1.95. The average molecular weight is 427 g/mol. The topological polar surface area (TPSA) is 45.7 Å². The molecule has 0 radical (unpaired) electrons. The maximum Gasteiger partial charge on any atom is 0.191 e. The molecule has 0 aromatic rings. The second-order valence-corrected chi connectivity index (χ2v) is 7.09. The number of halogens is 1. The molecule has 1 saturated heterocycles. The van der Waals surface area contributed by atoms with Crippen LogP contribution in [0.2, 0.25) is 0 Å². The first-order valence-electron chi connectivity index (χ1n) is 7.96. The van der Waals surface area contributed by atoms with Crippen molar-refractivity contribution < 1.29 is 4.74 Å². The average Bonchev–Trinajstić information content (AvgIpc) is 2.99. The number of nitrogens with zero attached hydrogens (tertiary/aromatic N) is 1. The molecule has 6 heteroatoms. The molecule has 1 aliphatic carbocycles. The van der Waals surface area contributed by atoms with Crippen molar-refractivity contribution in [2.45, 2.75) is 56.2 Å². The fourth-order valence-electron chi connectivity index (χ4n) is 2.98. The van der Waals surface area contributed by atoms with Gasteiger partial charge in [0.05, 0.1) is 6.54 Å². The van der Waals surface area contributed by atoms with E-state index in [0.717, 1.165) is 45.1 Å². The predicted molar refractivity (Wildman–Crippen MR) is 103 cm³/mol. The molecule has 0 unspecified atom stereocenters. The summed E-state index contributed by atoms with van der Waals surface area (Å²) in [5, 5.41) is 6.98. The van der Waals surface area contributed by atoms with Gasteiger partial charge in [0.2, 0.25) is 0 Å². The van der Waals surface area contributed by atoms with Gasteiger partial charge in [0.15, 0.2) is 5.96 Å². The van der Waals surface area contributed by atoms with E-state index in [-0.39, 0.29) is 28.7 Å². The zero-order chi connectivity index (χ0) is 14.3. The molecule has 0 aromatic heterocycles. The summed E-state index contributed by atoms with van der Waals surface area (Å²) < 4.78 is 5.77. The first-order valence-corrected chi connectivity index (χ1v) is 9.18. The SMILES string of the molecule is CCNC(=NCC1(SC)CCOCC1)NC1CCCC1.I. The number of guanidine groups is 1. The van der Waals surface area contributed by atoms with Crippen LogP contribution in [0.25, 0.3) is 0 Å². The molecule has 1 heterocycles. The molecule has 0 spiro atoms. The Morgan fingerprint density at radius 3 is 2.52 bits per heavy atom. The molecule has 2 fully saturated rings. The van der Waals surface area contributed by atoms with E-state index in [4.69, 9.17) is 9.73 Å². The highest BCUT2D eigenvalue weighted by Gasteiger charge is 2.31. The van der Waals surface area contributed by atoms with Crippen molar-refractivity contribution in [3.63, 3.8) is 0 Å². The Bertz CT molecular complexity index is 316. The summed E-state index contributed by atoms with van der Waals surface area (Å²) in [6.07, 6.45) is 9.70. The van der Waals surface area contributed by atoms with Gasteiger partial charge in [-0.3, -0.25) is 4.99 Å². The third kappa shape index (κ3) is 6.14. The van der Waals surface area contributed by atoms with Crippen LogP contribution in [0.1, 0.15) is 45.4 Å². The first kappa shape index (κ1) is 19.4. The van der Waals surface area contributed by atoms with Crippen molar-refractivity contribution in [1.82, 2.24) is 10.6 Å². The van der Waals surface area contributed by atoms with E-state index in [1.807, 2.05) is 11.8 Å². The summed E-state index contributed by atoms with van der Waals surface area (Å²) in [4.78, 5) is 4.86. The second kappa shape index (κ2) is 10.2. The quantitative estimate of drug-likeness (QED) is 0.402. The lowest BCUT2D eigenvalue weighted by atomic mass is 9.99. The Hall–Kier alpha value is 0.310. The third-order valence-electron chi connectivity index (χ3n) is 4.40. The van der Waals surface area contributed by atoms with Gasteiger partial charge in [-0.1, -0.05) is 12.8 Å². The van der Waals surface area contributed by atoms with Gasteiger partial charge in [-0.15, -0.1) is 24.0 Å². The second-order valence-electron chi connectivity index (χ2n) is 5.82. The Balaban J connectivity index is 0.00000220. The molecule has 4 nitrogen and oxygen atoms in total. The number of nitrogens with one attached hydrogen (secondary N) is 2. The molecule has 1 aliphatic heterocycles. The largest absolute Gasteiger partial charge is 0.381 e. The minimum absolute atomic E-state index is 0. The van der Waals surface area contributed by atoms with Crippen molar-refractivity contribution >= 4 is 41.7 Å². The Labute approximate surface area is 150 Å². The first-order chi connectivity index (χ1) is 9.78. The monoisotopic (exact) mass is 427 g/mol. The van der Waals surface area contributed by atoms with E-state index in [9.17, 15) is 0 Å². The molecule has 0 aromatic carbocycles. The zero-order valence-electron chi connectivity index (χ0n) is 13.3. The molecule has 124 valence electrons. The molecule has 1 saturated carbocycles. The van der Waals surface area contributed by atoms with Gasteiger partial charge >= 0.3 is 0 Å². The van der Waals surface area contributed by atoms with E-state index in [2.05, 4.69) is 23.8 Å². The molecule has 2 rings (SSSR count). The van der Waals surface area contributed by atoms with Crippen LogP contribution in [0, 0.1) is 0 Å². The lowest BCUT2D eigenvalue weighted by Gasteiger charge is -2.34. The fourth-order valence-corrected chi connectivity index (χ4v) is 3.75. The highest BCUT2D eigenvalue weighted by molar-refractivity contribution is 14.0. The van der Waals surface area contributed by atoms with Gasteiger partial charge in [-0.25, -0.2) is 0 Å². The van der Waals surface area contributed by atoms with Crippen molar-refractivity contribution in [1.29, 1.82) is 0 Å². The summed E-state index contributed by atoms with van der Waals surface area (Å²) in [5.74, 6) is 0.999. The van der Waals surface area contributed by atoms with Crippen LogP contribution >= 0.6 is 35.7 Å². The van der Waals surface area contributed by atoms with Gasteiger partial charge < -0.3 is 15.4 Å². The Morgan fingerprint density at radius 2 is 1.95 bits per heavy atom. The summed E-state index contributed by atoms with van der Waals surface area (Å²) in [7, 11) is 0. The smallest absolute Gasteiger partial charge is 0.191 e. The Kier molecular flexibility index (Phi) is 9.36.